The van der Waals surface area contributed by atoms with E-state index >= 15 is 0 Å². The summed E-state index contributed by atoms with van der Waals surface area (Å²) in [6, 6.07) is 25.5. The molecule has 192 valence electrons. The minimum atomic E-state index is -0.264. The van der Waals surface area contributed by atoms with Gasteiger partial charge in [0, 0.05) is 43.2 Å². The summed E-state index contributed by atoms with van der Waals surface area (Å²) in [4.78, 5) is 13.2. The number of hydrogen-bond donors (Lipinski definition) is 1. The van der Waals surface area contributed by atoms with Crippen molar-refractivity contribution in [1.82, 2.24) is 9.88 Å². The fourth-order valence-corrected chi connectivity index (χ4v) is 5.43. The van der Waals surface area contributed by atoms with Gasteiger partial charge in [-0.15, -0.1) is 0 Å². The van der Waals surface area contributed by atoms with Crippen LogP contribution >= 0.6 is 0 Å². The third kappa shape index (κ3) is 6.28. The van der Waals surface area contributed by atoms with Gasteiger partial charge >= 0.3 is 0 Å². The first-order chi connectivity index (χ1) is 18.0. The molecule has 5 rings (SSSR count). The monoisotopic (exact) mass is 498 g/mol. The van der Waals surface area contributed by atoms with Crippen LogP contribution in [0.4, 0.5) is 4.39 Å². The Morgan fingerprint density at radius 1 is 1.03 bits per heavy atom. The molecule has 1 aliphatic heterocycles. The number of aromatic nitrogens is 1. The second kappa shape index (κ2) is 11.3. The summed E-state index contributed by atoms with van der Waals surface area (Å²) in [5.74, 6) is -0.104. The summed E-state index contributed by atoms with van der Waals surface area (Å²) in [7, 11) is 0. The average molecular weight is 499 g/mol. The Bertz CT molecular complexity index is 1320. The molecule has 2 heterocycles. The number of ether oxygens (including phenoxy) is 1. The number of carbonyl (C=O) groups is 1. The first-order valence-corrected chi connectivity index (χ1v) is 13.3. The molecule has 1 saturated heterocycles. The average Bonchev–Trinajstić information content (AvgIpc) is 3.52. The summed E-state index contributed by atoms with van der Waals surface area (Å²) in [5.41, 5.74) is 4.36. The van der Waals surface area contributed by atoms with Gasteiger partial charge in [0.2, 0.25) is 5.91 Å². The highest BCUT2D eigenvalue weighted by atomic mass is 19.1. The number of carbonyl (C=O) groups excluding carboxylic acids is 1. The third-order valence-electron chi connectivity index (χ3n) is 7.54. The van der Waals surface area contributed by atoms with Gasteiger partial charge in [0.05, 0.1) is 5.60 Å². The van der Waals surface area contributed by atoms with Crippen molar-refractivity contribution >= 4 is 16.8 Å². The Labute approximate surface area is 218 Å². The molecule has 0 spiro atoms. The molecule has 37 heavy (non-hydrogen) atoms. The summed E-state index contributed by atoms with van der Waals surface area (Å²) < 4.78 is 21.6. The van der Waals surface area contributed by atoms with E-state index in [1.165, 1.54) is 28.6 Å². The highest BCUT2D eigenvalue weighted by Crippen LogP contribution is 2.34. The quantitative estimate of drug-likeness (QED) is 0.267. The maximum absolute atomic E-state index is 13.5. The van der Waals surface area contributed by atoms with Gasteiger partial charge in [-0.05, 0) is 73.4 Å². The molecule has 0 bridgehead atoms. The van der Waals surface area contributed by atoms with Crippen molar-refractivity contribution in [3.8, 4) is 0 Å². The normalized spacial score (nSPS) is 18.2. The van der Waals surface area contributed by atoms with E-state index in [2.05, 4.69) is 65.5 Å². The standard InChI is InChI=1S/C32H35FN2O2/c1-32(18-7-19-37-32)23-34-31(36)20-26(15-12-24-8-3-2-4-9-24)29-22-35(30-11-6-5-10-28(29)30)21-25-13-16-27(33)17-14-25/h2-6,8-11,13-14,16-17,22,26H,7,12,15,18-21,23H2,1H3,(H,34,36)/t26-,32-/m1/s1. The van der Waals surface area contributed by atoms with Gasteiger partial charge in [-0.3, -0.25) is 4.79 Å². The second-order valence-electron chi connectivity index (χ2n) is 10.5. The van der Waals surface area contributed by atoms with Gasteiger partial charge in [-0.1, -0.05) is 60.7 Å². The predicted octanol–water partition coefficient (Wildman–Crippen LogP) is 6.62. The second-order valence-corrected chi connectivity index (χ2v) is 10.5. The van der Waals surface area contributed by atoms with E-state index in [1.807, 2.05) is 24.3 Å². The van der Waals surface area contributed by atoms with E-state index in [1.54, 1.807) is 0 Å². The lowest BCUT2D eigenvalue weighted by atomic mass is 9.89. The molecule has 0 aliphatic carbocycles. The Morgan fingerprint density at radius 2 is 1.78 bits per heavy atom. The molecule has 5 heteroatoms. The van der Waals surface area contributed by atoms with Crippen LogP contribution in [0.25, 0.3) is 10.9 Å². The molecule has 2 atom stereocenters. The van der Waals surface area contributed by atoms with Crippen LogP contribution in [0, 0.1) is 5.82 Å². The fourth-order valence-electron chi connectivity index (χ4n) is 5.43. The van der Waals surface area contributed by atoms with Crippen molar-refractivity contribution in [3.05, 3.63) is 108 Å². The van der Waals surface area contributed by atoms with E-state index in [-0.39, 0.29) is 23.2 Å². The molecule has 0 saturated carbocycles. The molecule has 1 aliphatic rings. The topological polar surface area (TPSA) is 43.3 Å². The minimum Gasteiger partial charge on any atom is -0.373 e. The maximum atomic E-state index is 13.5. The van der Waals surface area contributed by atoms with Crippen molar-refractivity contribution in [2.75, 3.05) is 13.2 Å². The lowest BCUT2D eigenvalue weighted by Crippen LogP contribution is -2.40. The number of nitrogens with one attached hydrogen (secondary N) is 1. The Morgan fingerprint density at radius 3 is 2.54 bits per heavy atom. The zero-order valence-corrected chi connectivity index (χ0v) is 21.5. The van der Waals surface area contributed by atoms with Crippen LogP contribution in [0.3, 0.4) is 0 Å². The maximum Gasteiger partial charge on any atom is 0.220 e. The predicted molar refractivity (Wildman–Crippen MR) is 146 cm³/mol. The number of para-hydroxylation sites is 1. The molecule has 0 radical (unpaired) electrons. The molecule has 0 unspecified atom stereocenters. The van der Waals surface area contributed by atoms with Gasteiger partial charge in [0.25, 0.3) is 0 Å². The van der Waals surface area contributed by atoms with Crippen LogP contribution < -0.4 is 5.32 Å². The molecule has 4 nitrogen and oxygen atoms in total. The van der Waals surface area contributed by atoms with E-state index in [0.717, 1.165) is 43.4 Å². The van der Waals surface area contributed by atoms with Crippen LogP contribution in [-0.2, 0) is 22.5 Å². The molecule has 3 aromatic carbocycles. The number of hydrogen-bond acceptors (Lipinski definition) is 2. The van der Waals surface area contributed by atoms with Crippen molar-refractivity contribution < 1.29 is 13.9 Å². The summed E-state index contributed by atoms with van der Waals surface area (Å²) in [6.07, 6.45) is 6.40. The minimum absolute atomic E-state index is 0.0603. The van der Waals surface area contributed by atoms with E-state index in [4.69, 9.17) is 4.74 Å². The lowest BCUT2D eigenvalue weighted by Gasteiger charge is -2.24. The van der Waals surface area contributed by atoms with Crippen LogP contribution in [0.2, 0.25) is 0 Å². The van der Waals surface area contributed by atoms with Gasteiger partial charge < -0.3 is 14.6 Å². The first-order valence-electron chi connectivity index (χ1n) is 13.3. The molecular weight excluding hydrogens is 463 g/mol. The molecule has 1 aromatic heterocycles. The Balaban J connectivity index is 1.40. The number of amides is 1. The Hall–Kier alpha value is -3.44. The van der Waals surface area contributed by atoms with Crippen LogP contribution in [-0.4, -0.2) is 29.2 Å². The van der Waals surface area contributed by atoms with Gasteiger partial charge in [0.15, 0.2) is 0 Å². The van der Waals surface area contributed by atoms with Gasteiger partial charge in [-0.25, -0.2) is 4.39 Å². The number of halogens is 1. The zero-order chi connectivity index (χ0) is 25.7. The Kier molecular flexibility index (Phi) is 7.71. The fraction of sp³-hybridized carbons (Fsp3) is 0.344. The zero-order valence-electron chi connectivity index (χ0n) is 21.5. The molecule has 1 amide bonds. The summed E-state index contributed by atoms with van der Waals surface area (Å²) >= 11 is 0. The molecule has 4 aromatic rings. The first kappa shape index (κ1) is 25.2. The third-order valence-corrected chi connectivity index (χ3v) is 7.54. The SMILES string of the molecule is C[C@]1(CNC(=O)C[C@@H](CCc2ccccc2)c2cn(Cc3ccc(F)cc3)c3ccccc23)CCCO1. The smallest absolute Gasteiger partial charge is 0.220 e. The highest BCUT2D eigenvalue weighted by molar-refractivity contribution is 5.86. The van der Waals surface area contributed by atoms with Crippen LogP contribution in [0.1, 0.15) is 55.2 Å². The van der Waals surface area contributed by atoms with Crippen molar-refractivity contribution in [2.24, 2.45) is 0 Å². The van der Waals surface area contributed by atoms with E-state index < -0.39 is 0 Å². The molecule has 1 N–H and O–H groups in total. The highest BCUT2D eigenvalue weighted by Gasteiger charge is 2.30. The van der Waals surface area contributed by atoms with Crippen LogP contribution in [0.5, 0.6) is 0 Å². The largest absolute Gasteiger partial charge is 0.373 e. The van der Waals surface area contributed by atoms with Crippen LogP contribution in [0.15, 0.2) is 85.1 Å². The van der Waals surface area contributed by atoms with Gasteiger partial charge in [-0.2, -0.15) is 0 Å². The number of benzene rings is 3. The van der Waals surface area contributed by atoms with E-state index in [9.17, 15) is 9.18 Å². The molecule has 1 fully saturated rings. The van der Waals surface area contributed by atoms with Crippen molar-refractivity contribution in [2.45, 2.75) is 57.1 Å². The van der Waals surface area contributed by atoms with Crippen molar-refractivity contribution in [1.29, 1.82) is 0 Å². The number of rotatable bonds is 10. The lowest BCUT2D eigenvalue weighted by molar-refractivity contribution is -0.122. The number of aryl methyl sites for hydroxylation is 1. The van der Waals surface area contributed by atoms with Gasteiger partial charge in [0.1, 0.15) is 5.82 Å². The van der Waals surface area contributed by atoms with E-state index in [0.29, 0.717) is 19.5 Å². The summed E-state index contributed by atoms with van der Waals surface area (Å²) in [5, 5.41) is 4.33. The number of nitrogens with zero attached hydrogens (tertiary/aromatic N) is 1. The number of fused-ring (bicyclic) bond motifs is 1. The van der Waals surface area contributed by atoms with Crippen molar-refractivity contribution in [3.63, 3.8) is 0 Å². The molecular formula is C32H35FN2O2. The summed E-state index contributed by atoms with van der Waals surface area (Å²) in [6.45, 7) is 4.04.